The average molecular weight is 224 g/mol. The Balaban J connectivity index is 2.58. The number of aromatic nitrogens is 2. The number of hydrogen-bond acceptors (Lipinski definition) is 2. The van der Waals surface area contributed by atoms with Crippen molar-refractivity contribution >= 4 is 23.2 Å². The van der Waals surface area contributed by atoms with Crippen molar-refractivity contribution in [3.8, 4) is 11.3 Å². The van der Waals surface area contributed by atoms with E-state index in [1.807, 2.05) is 12.1 Å². The Labute approximate surface area is 91.5 Å². The van der Waals surface area contributed by atoms with Crippen molar-refractivity contribution < 1.29 is 0 Å². The van der Waals surface area contributed by atoms with E-state index in [1.165, 1.54) is 6.33 Å². The highest BCUT2D eigenvalue weighted by Gasteiger charge is 2.06. The molecule has 14 heavy (non-hydrogen) atoms. The van der Waals surface area contributed by atoms with Crippen molar-refractivity contribution in [1.29, 1.82) is 0 Å². The summed E-state index contributed by atoms with van der Waals surface area (Å²) in [5.74, 6) is 0. The summed E-state index contributed by atoms with van der Waals surface area (Å²) in [5.41, 5.74) is 1.41. The smallest absolute Gasteiger partial charge is 0.116 e. The predicted molar refractivity (Wildman–Crippen MR) is 56.3 cm³/mol. The van der Waals surface area contributed by atoms with Gasteiger partial charge in [0.15, 0.2) is 0 Å². The Hall–Kier alpha value is -1.12. The van der Waals surface area contributed by atoms with E-state index < -0.39 is 0 Å². The monoisotopic (exact) mass is 223 g/mol. The maximum atomic E-state index is 6.02. The fourth-order valence-electron chi connectivity index (χ4n) is 1.09. The molecule has 69 valence electrons. The minimum Gasteiger partial charge on any atom is -0.244 e. The van der Waals surface area contributed by atoms with Crippen molar-refractivity contribution in [3.05, 3.63) is 46.8 Å². The van der Waals surface area contributed by atoms with Gasteiger partial charge in [-0.25, -0.2) is 9.97 Å². The van der Waals surface area contributed by atoms with E-state index in [-0.39, 0.29) is 0 Å². The highest BCUT2D eigenvalue weighted by atomic mass is 35.5. The lowest BCUT2D eigenvalue weighted by Crippen LogP contribution is -1.85. The number of hydrogen-bond donors (Lipinski definition) is 0. The molecule has 0 saturated heterocycles. The third-order valence-electron chi connectivity index (χ3n) is 1.74. The first kappa shape index (κ1) is 9.44. The molecule has 0 aliphatic carbocycles. The van der Waals surface area contributed by atoms with Crippen molar-refractivity contribution in [2.75, 3.05) is 0 Å². The van der Waals surface area contributed by atoms with E-state index in [0.717, 1.165) is 5.56 Å². The van der Waals surface area contributed by atoms with Gasteiger partial charge in [0.05, 0.1) is 15.7 Å². The zero-order valence-electron chi connectivity index (χ0n) is 7.04. The largest absolute Gasteiger partial charge is 0.244 e. The molecule has 1 radical (unpaired) electrons. The van der Waals surface area contributed by atoms with E-state index in [4.69, 9.17) is 23.2 Å². The van der Waals surface area contributed by atoms with Gasteiger partial charge in [0.2, 0.25) is 0 Å². The summed E-state index contributed by atoms with van der Waals surface area (Å²) in [4.78, 5) is 7.82. The summed E-state index contributed by atoms with van der Waals surface area (Å²) in [6.45, 7) is 0. The molecular weight excluding hydrogens is 219 g/mol. The molecule has 4 heteroatoms. The van der Waals surface area contributed by atoms with Crippen LogP contribution in [0.15, 0.2) is 30.7 Å². The molecule has 0 spiro atoms. The van der Waals surface area contributed by atoms with Crippen molar-refractivity contribution in [1.82, 2.24) is 9.97 Å². The Bertz CT molecular complexity index is 443. The molecule has 0 aliphatic rings. The molecule has 0 atom stereocenters. The van der Waals surface area contributed by atoms with Crippen LogP contribution in [-0.4, -0.2) is 9.97 Å². The van der Waals surface area contributed by atoms with Gasteiger partial charge in [0.25, 0.3) is 0 Å². The fraction of sp³-hybridized carbons (Fsp3) is 0. The van der Waals surface area contributed by atoms with E-state index >= 15 is 0 Å². The number of benzene rings is 1. The normalized spacial score (nSPS) is 10.1. The Morgan fingerprint density at radius 3 is 2.79 bits per heavy atom. The molecule has 0 amide bonds. The lowest BCUT2D eigenvalue weighted by Gasteiger charge is -2.03. The van der Waals surface area contributed by atoms with Crippen LogP contribution in [0.5, 0.6) is 0 Å². The van der Waals surface area contributed by atoms with E-state index in [2.05, 4.69) is 16.0 Å². The van der Waals surface area contributed by atoms with Crippen LogP contribution in [0.3, 0.4) is 0 Å². The maximum Gasteiger partial charge on any atom is 0.116 e. The number of rotatable bonds is 1. The maximum absolute atomic E-state index is 6.02. The van der Waals surface area contributed by atoms with Crippen LogP contribution in [0.4, 0.5) is 0 Å². The third-order valence-corrected chi connectivity index (χ3v) is 2.55. The van der Waals surface area contributed by atoms with Gasteiger partial charge >= 0.3 is 0 Å². The summed E-state index contributed by atoms with van der Waals surface area (Å²) < 4.78 is 0. The van der Waals surface area contributed by atoms with Gasteiger partial charge < -0.3 is 0 Å². The van der Waals surface area contributed by atoms with Gasteiger partial charge in [0.1, 0.15) is 6.33 Å². The Kier molecular flexibility index (Phi) is 2.66. The topological polar surface area (TPSA) is 25.8 Å². The van der Waals surface area contributed by atoms with Crippen LogP contribution in [0.1, 0.15) is 0 Å². The van der Waals surface area contributed by atoms with Gasteiger partial charge in [0, 0.05) is 17.8 Å². The zero-order valence-corrected chi connectivity index (χ0v) is 8.55. The van der Waals surface area contributed by atoms with Crippen LogP contribution in [-0.2, 0) is 0 Å². The molecule has 0 fully saturated rings. The fourth-order valence-corrected chi connectivity index (χ4v) is 1.48. The first-order valence-corrected chi connectivity index (χ1v) is 4.66. The van der Waals surface area contributed by atoms with Crippen LogP contribution < -0.4 is 0 Å². The van der Waals surface area contributed by atoms with Crippen LogP contribution in [0, 0.1) is 6.07 Å². The summed E-state index contributed by atoms with van der Waals surface area (Å²) in [6.07, 6.45) is 2.99. The first-order valence-electron chi connectivity index (χ1n) is 3.91. The van der Waals surface area contributed by atoms with Gasteiger partial charge in [-0.15, -0.1) is 0 Å². The van der Waals surface area contributed by atoms with Crippen LogP contribution in [0.25, 0.3) is 11.3 Å². The number of halogens is 2. The molecule has 2 nitrogen and oxygen atoms in total. The predicted octanol–water partition coefficient (Wildman–Crippen LogP) is 3.25. The molecule has 0 unspecified atom stereocenters. The molecule has 2 rings (SSSR count). The molecule has 1 heterocycles. The molecule has 1 aromatic carbocycles. The SMILES string of the molecule is Clc1cccc(-c2[c]cncn2)c1Cl. The molecule has 1 aromatic heterocycles. The number of nitrogens with zero attached hydrogens (tertiary/aromatic N) is 2. The third kappa shape index (κ3) is 1.72. The zero-order chi connectivity index (χ0) is 9.97. The highest BCUT2D eigenvalue weighted by Crippen LogP contribution is 2.31. The summed E-state index contributed by atoms with van der Waals surface area (Å²) in [7, 11) is 0. The van der Waals surface area contributed by atoms with Crippen molar-refractivity contribution in [3.63, 3.8) is 0 Å². The average Bonchev–Trinajstić information content (AvgIpc) is 2.23. The molecular formula is C10H5Cl2N2. The highest BCUT2D eigenvalue weighted by molar-refractivity contribution is 6.43. The standard InChI is InChI=1S/C10H5Cl2N2/c11-8-3-1-2-7(10(8)12)9-4-5-13-6-14-9/h1-3,5-6H. The summed E-state index contributed by atoms with van der Waals surface area (Å²) in [5, 5.41) is 1.00. The molecule has 0 aliphatic heterocycles. The molecule has 0 bridgehead atoms. The van der Waals surface area contributed by atoms with Crippen molar-refractivity contribution in [2.45, 2.75) is 0 Å². The van der Waals surface area contributed by atoms with E-state index in [1.54, 1.807) is 12.3 Å². The van der Waals surface area contributed by atoms with Crippen LogP contribution in [0.2, 0.25) is 10.0 Å². The minimum atomic E-state index is 0.490. The first-order chi connectivity index (χ1) is 6.79. The van der Waals surface area contributed by atoms with Gasteiger partial charge in [-0.2, -0.15) is 0 Å². The van der Waals surface area contributed by atoms with Gasteiger partial charge in [-0.3, -0.25) is 0 Å². The van der Waals surface area contributed by atoms with E-state index in [0.29, 0.717) is 15.7 Å². The Morgan fingerprint density at radius 2 is 2.07 bits per heavy atom. The second kappa shape index (κ2) is 3.95. The van der Waals surface area contributed by atoms with Crippen molar-refractivity contribution in [2.24, 2.45) is 0 Å². The second-order valence-corrected chi connectivity index (χ2v) is 3.40. The molecule has 2 aromatic rings. The van der Waals surface area contributed by atoms with Gasteiger partial charge in [-0.1, -0.05) is 35.3 Å². The van der Waals surface area contributed by atoms with Gasteiger partial charge in [-0.05, 0) is 6.07 Å². The lowest BCUT2D eigenvalue weighted by atomic mass is 10.1. The summed E-state index contributed by atoms with van der Waals surface area (Å²) >= 11 is 11.9. The molecule has 0 saturated carbocycles. The summed E-state index contributed by atoms with van der Waals surface area (Å²) in [6, 6.07) is 8.28. The second-order valence-electron chi connectivity index (χ2n) is 2.62. The van der Waals surface area contributed by atoms with Crippen LogP contribution >= 0.6 is 23.2 Å². The van der Waals surface area contributed by atoms with E-state index in [9.17, 15) is 0 Å². The minimum absolute atomic E-state index is 0.490. The Morgan fingerprint density at radius 1 is 1.21 bits per heavy atom. The molecule has 0 N–H and O–H groups in total. The quantitative estimate of drug-likeness (QED) is 0.742. The lowest BCUT2D eigenvalue weighted by molar-refractivity contribution is 1.17.